The summed E-state index contributed by atoms with van der Waals surface area (Å²) in [6, 6.07) is 0. The lowest BCUT2D eigenvalue weighted by Crippen LogP contribution is -1.97. The third-order valence-corrected chi connectivity index (χ3v) is 3.16. The van der Waals surface area contributed by atoms with Crippen LogP contribution in [-0.2, 0) is 4.74 Å². The molecule has 0 aliphatic heterocycles. The van der Waals surface area contributed by atoms with Crippen LogP contribution in [0.3, 0.4) is 0 Å². The predicted molar refractivity (Wildman–Crippen MR) is 56.8 cm³/mol. The van der Waals surface area contributed by atoms with Crippen molar-refractivity contribution in [2.24, 2.45) is 11.8 Å². The molecule has 1 heteroatoms. The summed E-state index contributed by atoms with van der Waals surface area (Å²) < 4.78 is 5.32. The molecule has 0 aromatic carbocycles. The molecule has 0 N–H and O–H groups in total. The highest BCUT2D eigenvalue weighted by molar-refractivity contribution is 4.72. The fraction of sp³-hybridized carbons (Fsp3) is 1.00. The minimum absolute atomic E-state index is 0.875. The Morgan fingerprint density at radius 3 is 2.69 bits per heavy atom. The molecule has 0 radical (unpaired) electrons. The fourth-order valence-corrected chi connectivity index (χ4v) is 2.37. The molecule has 2 atom stereocenters. The molecule has 0 bridgehead atoms. The van der Waals surface area contributed by atoms with E-state index >= 15 is 0 Å². The van der Waals surface area contributed by atoms with E-state index in [1.54, 1.807) is 0 Å². The van der Waals surface area contributed by atoms with E-state index in [4.69, 9.17) is 4.74 Å². The van der Waals surface area contributed by atoms with E-state index in [2.05, 4.69) is 13.8 Å². The highest BCUT2D eigenvalue weighted by Gasteiger charge is 2.20. The summed E-state index contributed by atoms with van der Waals surface area (Å²) >= 11 is 0. The smallest absolute Gasteiger partial charge is 0.0465 e. The van der Waals surface area contributed by atoms with Gasteiger partial charge in [0, 0.05) is 13.2 Å². The van der Waals surface area contributed by atoms with Crippen LogP contribution in [0.2, 0.25) is 0 Å². The SMILES string of the molecule is CCOCCCCC1CCC(C)C1. The maximum absolute atomic E-state index is 5.32. The summed E-state index contributed by atoms with van der Waals surface area (Å²) in [4.78, 5) is 0. The Morgan fingerprint density at radius 2 is 2.08 bits per heavy atom. The van der Waals surface area contributed by atoms with Crippen LogP contribution in [-0.4, -0.2) is 13.2 Å². The van der Waals surface area contributed by atoms with Crippen LogP contribution >= 0.6 is 0 Å². The molecule has 1 aliphatic carbocycles. The Hall–Kier alpha value is -0.0400. The average Bonchev–Trinajstić information content (AvgIpc) is 2.51. The van der Waals surface area contributed by atoms with E-state index < -0.39 is 0 Å². The second-order valence-electron chi connectivity index (χ2n) is 4.48. The van der Waals surface area contributed by atoms with Gasteiger partial charge in [-0.2, -0.15) is 0 Å². The van der Waals surface area contributed by atoms with Gasteiger partial charge in [-0.3, -0.25) is 0 Å². The molecular weight excluding hydrogens is 160 g/mol. The molecule has 13 heavy (non-hydrogen) atoms. The number of unbranched alkanes of at least 4 members (excludes halogenated alkanes) is 1. The second kappa shape index (κ2) is 6.42. The van der Waals surface area contributed by atoms with Crippen LogP contribution in [0.1, 0.15) is 52.4 Å². The van der Waals surface area contributed by atoms with Crippen molar-refractivity contribution < 1.29 is 4.74 Å². The first-order valence-electron chi connectivity index (χ1n) is 5.90. The highest BCUT2D eigenvalue weighted by Crippen LogP contribution is 2.33. The van der Waals surface area contributed by atoms with E-state index in [-0.39, 0.29) is 0 Å². The molecule has 1 saturated carbocycles. The molecule has 0 saturated heterocycles. The predicted octanol–water partition coefficient (Wildman–Crippen LogP) is 3.63. The third kappa shape index (κ3) is 4.66. The van der Waals surface area contributed by atoms with Crippen LogP contribution in [0.4, 0.5) is 0 Å². The van der Waals surface area contributed by atoms with Crippen LogP contribution in [0, 0.1) is 11.8 Å². The molecule has 2 unspecified atom stereocenters. The van der Waals surface area contributed by atoms with E-state index in [9.17, 15) is 0 Å². The molecular formula is C12H24O. The van der Waals surface area contributed by atoms with Gasteiger partial charge in [0.05, 0.1) is 0 Å². The summed E-state index contributed by atoms with van der Waals surface area (Å²) in [5, 5.41) is 0. The Labute approximate surface area is 82.9 Å². The number of rotatable bonds is 6. The number of hydrogen-bond acceptors (Lipinski definition) is 1. The second-order valence-corrected chi connectivity index (χ2v) is 4.48. The van der Waals surface area contributed by atoms with Crippen molar-refractivity contribution in [3.8, 4) is 0 Å². The molecule has 1 fully saturated rings. The Bertz CT molecular complexity index is 122. The molecule has 1 rings (SSSR count). The quantitative estimate of drug-likeness (QED) is 0.573. The minimum Gasteiger partial charge on any atom is -0.382 e. The lowest BCUT2D eigenvalue weighted by Gasteiger charge is -2.08. The molecule has 0 amide bonds. The summed E-state index contributed by atoms with van der Waals surface area (Å²) in [5.41, 5.74) is 0. The molecule has 1 aliphatic rings. The molecule has 78 valence electrons. The average molecular weight is 184 g/mol. The van der Waals surface area contributed by atoms with Crippen molar-refractivity contribution in [3.63, 3.8) is 0 Å². The Morgan fingerprint density at radius 1 is 1.23 bits per heavy atom. The zero-order valence-corrected chi connectivity index (χ0v) is 9.22. The molecule has 1 nitrogen and oxygen atoms in total. The summed E-state index contributed by atoms with van der Waals surface area (Å²) in [7, 11) is 0. The first kappa shape index (κ1) is 11.0. The van der Waals surface area contributed by atoms with E-state index in [0.717, 1.165) is 25.0 Å². The van der Waals surface area contributed by atoms with Crippen LogP contribution in [0.15, 0.2) is 0 Å². The van der Waals surface area contributed by atoms with Crippen LogP contribution < -0.4 is 0 Å². The molecule has 0 spiro atoms. The van der Waals surface area contributed by atoms with Crippen LogP contribution in [0.25, 0.3) is 0 Å². The van der Waals surface area contributed by atoms with Crippen molar-refractivity contribution in [3.05, 3.63) is 0 Å². The van der Waals surface area contributed by atoms with E-state index in [1.807, 2.05) is 0 Å². The van der Waals surface area contributed by atoms with E-state index in [1.165, 1.54) is 38.5 Å². The standard InChI is InChI=1S/C12H24O/c1-3-13-9-5-4-6-12-8-7-11(2)10-12/h11-12H,3-10H2,1-2H3. The van der Waals surface area contributed by atoms with Gasteiger partial charge in [0.25, 0.3) is 0 Å². The van der Waals surface area contributed by atoms with Gasteiger partial charge in [0.15, 0.2) is 0 Å². The maximum Gasteiger partial charge on any atom is 0.0465 e. The first-order valence-corrected chi connectivity index (χ1v) is 5.90. The zero-order valence-electron chi connectivity index (χ0n) is 9.22. The topological polar surface area (TPSA) is 9.23 Å². The van der Waals surface area contributed by atoms with Crippen molar-refractivity contribution in [2.75, 3.05) is 13.2 Å². The molecule has 0 aromatic heterocycles. The zero-order chi connectivity index (χ0) is 9.52. The van der Waals surface area contributed by atoms with Gasteiger partial charge in [0.1, 0.15) is 0 Å². The third-order valence-electron chi connectivity index (χ3n) is 3.16. The lowest BCUT2D eigenvalue weighted by molar-refractivity contribution is 0.142. The van der Waals surface area contributed by atoms with Gasteiger partial charge in [-0.15, -0.1) is 0 Å². The van der Waals surface area contributed by atoms with E-state index in [0.29, 0.717) is 0 Å². The summed E-state index contributed by atoms with van der Waals surface area (Å²) in [6.07, 6.45) is 8.51. The maximum atomic E-state index is 5.32. The lowest BCUT2D eigenvalue weighted by atomic mass is 9.99. The minimum atomic E-state index is 0.875. The first-order chi connectivity index (χ1) is 6.33. The van der Waals surface area contributed by atoms with Gasteiger partial charge in [-0.25, -0.2) is 0 Å². The van der Waals surface area contributed by atoms with Gasteiger partial charge < -0.3 is 4.74 Å². The largest absolute Gasteiger partial charge is 0.382 e. The van der Waals surface area contributed by atoms with Gasteiger partial charge >= 0.3 is 0 Å². The van der Waals surface area contributed by atoms with Crippen molar-refractivity contribution >= 4 is 0 Å². The van der Waals surface area contributed by atoms with Gasteiger partial charge in [-0.1, -0.05) is 32.6 Å². The van der Waals surface area contributed by atoms with Crippen LogP contribution in [0.5, 0.6) is 0 Å². The Balaban J connectivity index is 1.88. The summed E-state index contributed by atoms with van der Waals surface area (Å²) in [6.45, 7) is 6.30. The number of hydrogen-bond donors (Lipinski definition) is 0. The monoisotopic (exact) mass is 184 g/mol. The van der Waals surface area contributed by atoms with Gasteiger partial charge in [-0.05, 0) is 31.6 Å². The Kier molecular flexibility index (Phi) is 5.45. The normalized spacial score (nSPS) is 28.2. The van der Waals surface area contributed by atoms with Gasteiger partial charge in [0.2, 0.25) is 0 Å². The number of ether oxygens (including phenoxy) is 1. The molecule has 0 aromatic rings. The fourth-order valence-electron chi connectivity index (χ4n) is 2.37. The van der Waals surface area contributed by atoms with Crippen molar-refractivity contribution in [1.82, 2.24) is 0 Å². The summed E-state index contributed by atoms with van der Waals surface area (Å²) in [5.74, 6) is 2.04. The van der Waals surface area contributed by atoms with Crippen molar-refractivity contribution in [1.29, 1.82) is 0 Å². The van der Waals surface area contributed by atoms with Crippen molar-refractivity contribution in [2.45, 2.75) is 52.4 Å². The highest BCUT2D eigenvalue weighted by atomic mass is 16.5. The molecule has 0 heterocycles.